The van der Waals surface area contributed by atoms with E-state index in [0.717, 1.165) is 24.0 Å². The third kappa shape index (κ3) is 4.60. The fourth-order valence-corrected chi connectivity index (χ4v) is 3.38. The number of nitrogens with zero attached hydrogens (tertiary/aromatic N) is 3. The van der Waals surface area contributed by atoms with Crippen molar-refractivity contribution < 1.29 is 18.0 Å². The number of fused-ring (bicyclic) bond motifs is 1. The number of thioether (sulfide) groups is 1. The minimum atomic E-state index is -4.50. The SMILES string of the molecule is O=C(CSc1nnc2ccc(C(F)(F)F)cn12)Nc1cc(Cl)c(Cl)cc1Cl. The third-order valence-corrected chi connectivity index (χ3v) is 5.29. The number of aromatic nitrogens is 3. The van der Waals surface area contributed by atoms with Crippen LogP contribution < -0.4 is 5.32 Å². The number of alkyl halides is 3. The fourth-order valence-electron chi connectivity index (χ4n) is 2.07. The van der Waals surface area contributed by atoms with Gasteiger partial charge in [-0.1, -0.05) is 46.6 Å². The van der Waals surface area contributed by atoms with Gasteiger partial charge in [0.2, 0.25) is 5.91 Å². The van der Waals surface area contributed by atoms with Gasteiger partial charge < -0.3 is 5.32 Å². The molecule has 0 saturated carbocycles. The molecule has 0 aliphatic rings. The number of halogens is 6. The van der Waals surface area contributed by atoms with Crippen molar-refractivity contribution >= 4 is 63.8 Å². The van der Waals surface area contributed by atoms with E-state index in [1.165, 1.54) is 22.6 Å². The van der Waals surface area contributed by atoms with Crippen LogP contribution in [0.3, 0.4) is 0 Å². The molecule has 3 aromatic rings. The van der Waals surface area contributed by atoms with Gasteiger partial charge >= 0.3 is 6.18 Å². The number of amides is 1. The van der Waals surface area contributed by atoms with Crippen molar-refractivity contribution in [3.05, 3.63) is 51.1 Å². The average Bonchev–Trinajstić information content (AvgIpc) is 2.99. The van der Waals surface area contributed by atoms with Gasteiger partial charge in [-0.05, 0) is 24.3 Å². The summed E-state index contributed by atoms with van der Waals surface area (Å²) in [7, 11) is 0. The van der Waals surface area contributed by atoms with Crippen molar-refractivity contribution in [2.45, 2.75) is 11.3 Å². The Morgan fingerprint density at radius 3 is 2.52 bits per heavy atom. The van der Waals surface area contributed by atoms with Crippen LogP contribution in [0.2, 0.25) is 15.1 Å². The molecule has 0 atom stereocenters. The van der Waals surface area contributed by atoms with Gasteiger partial charge in [0.25, 0.3) is 0 Å². The van der Waals surface area contributed by atoms with E-state index in [-0.39, 0.29) is 37.3 Å². The Bertz CT molecular complexity index is 1030. The molecule has 0 fully saturated rings. The second-order valence-electron chi connectivity index (χ2n) is 5.21. The molecular weight excluding hydrogens is 448 g/mol. The summed E-state index contributed by atoms with van der Waals surface area (Å²) in [5.74, 6) is -0.586. The highest BCUT2D eigenvalue weighted by atomic mass is 35.5. The molecular formula is C15H8Cl3F3N4OS. The fraction of sp³-hybridized carbons (Fsp3) is 0.133. The van der Waals surface area contributed by atoms with Crippen molar-refractivity contribution in [3.63, 3.8) is 0 Å². The quantitative estimate of drug-likeness (QED) is 0.420. The molecule has 0 unspecified atom stereocenters. The maximum absolute atomic E-state index is 12.9. The van der Waals surface area contributed by atoms with Gasteiger partial charge in [0.15, 0.2) is 10.8 Å². The lowest BCUT2D eigenvalue weighted by molar-refractivity contribution is -0.137. The zero-order chi connectivity index (χ0) is 19.8. The molecule has 0 spiro atoms. The lowest BCUT2D eigenvalue weighted by atomic mass is 10.3. The Balaban J connectivity index is 1.73. The van der Waals surface area contributed by atoms with Crippen LogP contribution in [0.1, 0.15) is 5.56 Å². The molecule has 0 aliphatic heterocycles. The normalized spacial score (nSPS) is 11.8. The number of rotatable bonds is 4. The lowest BCUT2D eigenvalue weighted by Gasteiger charge is -2.09. The Morgan fingerprint density at radius 1 is 1.11 bits per heavy atom. The van der Waals surface area contributed by atoms with E-state index in [9.17, 15) is 18.0 Å². The van der Waals surface area contributed by atoms with Crippen LogP contribution in [0.15, 0.2) is 35.6 Å². The zero-order valence-corrected chi connectivity index (χ0v) is 16.1. The van der Waals surface area contributed by atoms with E-state index >= 15 is 0 Å². The Hall–Kier alpha value is -1.68. The van der Waals surface area contributed by atoms with Crippen LogP contribution in [0.25, 0.3) is 5.65 Å². The first-order chi connectivity index (χ1) is 12.6. The topological polar surface area (TPSA) is 59.3 Å². The minimum absolute atomic E-state index is 0.131. The molecule has 0 saturated heterocycles. The summed E-state index contributed by atoms with van der Waals surface area (Å²) < 4.78 is 39.7. The molecule has 3 rings (SSSR count). The zero-order valence-electron chi connectivity index (χ0n) is 13.0. The third-order valence-electron chi connectivity index (χ3n) is 3.31. The molecule has 0 radical (unpaired) electrons. The molecule has 2 heterocycles. The Kier molecular flexibility index (Phi) is 5.76. The Morgan fingerprint density at radius 2 is 1.81 bits per heavy atom. The minimum Gasteiger partial charge on any atom is -0.324 e. The number of pyridine rings is 1. The highest BCUT2D eigenvalue weighted by Crippen LogP contribution is 2.33. The molecule has 5 nitrogen and oxygen atoms in total. The van der Waals surface area contributed by atoms with E-state index in [1.807, 2.05) is 0 Å². The molecule has 1 amide bonds. The number of nitrogens with one attached hydrogen (secondary N) is 1. The maximum Gasteiger partial charge on any atom is 0.417 e. The number of carbonyl (C=O) groups is 1. The lowest BCUT2D eigenvalue weighted by Crippen LogP contribution is -2.14. The van der Waals surface area contributed by atoms with Crippen LogP contribution in [0.5, 0.6) is 0 Å². The van der Waals surface area contributed by atoms with Gasteiger partial charge in [0.05, 0.1) is 32.1 Å². The van der Waals surface area contributed by atoms with Crippen molar-refractivity contribution in [2.24, 2.45) is 0 Å². The molecule has 1 aromatic carbocycles. The molecule has 0 bridgehead atoms. The van der Waals surface area contributed by atoms with Crippen LogP contribution in [-0.2, 0) is 11.0 Å². The number of hydrogen-bond acceptors (Lipinski definition) is 4. The number of hydrogen-bond donors (Lipinski definition) is 1. The number of carbonyl (C=O) groups excluding carboxylic acids is 1. The second-order valence-corrected chi connectivity index (χ2v) is 7.37. The first-order valence-corrected chi connectivity index (χ1v) is 9.26. The highest BCUT2D eigenvalue weighted by molar-refractivity contribution is 7.99. The summed E-state index contributed by atoms with van der Waals surface area (Å²) in [4.78, 5) is 12.1. The van der Waals surface area contributed by atoms with Gasteiger partial charge in [-0.15, -0.1) is 10.2 Å². The van der Waals surface area contributed by atoms with E-state index in [1.54, 1.807) is 0 Å². The van der Waals surface area contributed by atoms with Crippen molar-refractivity contribution in [1.82, 2.24) is 14.6 Å². The van der Waals surface area contributed by atoms with Gasteiger partial charge in [0, 0.05) is 6.20 Å². The molecule has 27 heavy (non-hydrogen) atoms. The average molecular weight is 456 g/mol. The number of benzene rings is 1. The monoisotopic (exact) mass is 454 g/mol. The van der Waals surface area contributed by atoms with Crippen LogP contribution in [0, 0.1) is 0 Å². The summed E-state index contributed by atoms with van der Waals surface area (Å²) in [5, 5.41) is 10.9. The predicted octanol–water partition coefficient (Wildman–Crippen LogP) is 5.44. The molecule has 1 N–H and O–H groups in total. The maximum atomic E-state index is 12.9. The summed E-state index contributed by atoms with van der Waals surface area (Å²) >= 11 is 18.6. The second kappa shape index (κ2) is 7.75. The van der Waals surface area contributed by atoms with Crippen LogP contribution in [-0.4, -0.2) is 26.3 Å². The van der Waals surface area contributed by atoms with E-state index in [4.69, 9.17) is 34.8 Å². The van der Waals surface area contributed by atoms with Gasteiger partial charge in [0.1, 0.15) is 0 Å². The van der Waals surface area contributed by atoms with Gasteiger partial charge in [-0.2, -0.15) is 13.2 Å². The summed E-state index contributed by atoms with van der Waals surface area (Å²) in [6.45, 7) is 0. The van der Waals surface area contributed by atoms with Gasteiger partial charge in [-0.3, -0.25) is 9.20 Å². The standard InChI is InChI=1S/C15H8Cl3F3N4OS/c16-8-3-10(18)11(4-9(8)17)22-13(26)6-27-14-24-23-12-2-1-7(5-25(12)14)15(19,20)21/h1-5H,6H2,(H,22,26). The largest absolute Gasteiger partial charge is 0.417 e. The summed E-state index contributed by atoms with van der Waals surface area (Å²) in [5.41, 5.74) is -0.343. The molecule has 12 heteroatoms. The van der Waals surface area contributed by atoms with E-state index < -0.39 is 17.6 Å². The van der Waals surface area contributed by atoms with Crippen LogP contribution in [0.4, 0.5) is 18.9 Å². The van der Waals surface area contributed by atoms with Crippen molar-refractivity contribution in [1.29, 1.82) is 0 Å². The first kappa shape index (κ1) is 20.1. The van der Waals surface area contributed by atoms with Crippen molar-refractivity contribution in [3.8, 4) is 0 Å². The molecule has 0 aliphatic carbocycles. The Labute approximate surface area is 169 Å². The molecule has 142 valence electrons. The molecule has 2 aromatic heterocycles. The summed E-state index contributed by atoms with van der Waals surface area (Å²) in [6.07, 6.45) is -3.62. The number of anilines is 1. The first-order valence-electron chi connectivity index (χ1n) is 7.14. The van der Waals surface area contributed by atoms with Crippen molar-refractivity contribution in [2.75, 3.05) is 11.1 Å². The predicted molar refractivity (Wildman–Crippen MR) is 98.8 cm³/mol. The van der Waals surface area contributed by atoms with E-state index in [0.29, 0.717) is 0 Å². The van der Waals surface area contributed by atoms with E-state index in [2.05, 4.69) is 15.5 Å². The van der Waals surface area contributed by atoms with Gasteiger partial charge in [-0.25, -0.2) is 0 Å². The summed E-state index contributed by atoms with van der Waals surface area (Å²) in [6, 6.07) is 4.91. The van der Waals surface area contributed by atoms with Crippen LogP contribution >= 0.6 is 46.6 Å². The smallest absolute Gasteiger partial charge is 0.324 e. The highest BCUT2D eigenvalue weighted by Gasteiger charge is 2.31.